The molecule has 0 aromatic carbocycles. The number of unbranched alkanes of at least 4 members (excludes halogenated alkanes) is 2. The van der Waals surface area contributed by atoms with E-state index in [9.17, 15) is 9.59 Å². The highest BCUT2D eigenvalue weighted by molar-refractivity contribution is 5.93. The second-order valence-corrected chi connectivity index (χ2v) is 6.24. The van der Waals surface area contributed by atoms with Crippen LogP contribution < -0.4 is 5.32 Å². The fourth-order valence-electron chi connectivity index (χ4n) is 2.75. The first-order valence-corrected chi connectivity index (χ1v) is 8.71. The van der Waals surface area contributed by atoms with Crippen LogP contribution in [-0.4, -0.2) is 47.7 Å². The van der Waals surface area contributed by atoms with Gasteiger partial charge in [0.1, 0.15) is 5.76 Å². The maximum absolute atomic E-state index is 12.5. The van der Waals surface area contributed by atoms with Gasteiger partial charge in [0, 0.05) is 25.6 Å². The Hall–Kier alpha value is -1.89. The number of aromatic nitrogens is 1. The summed E-state index contributed by atoms with van der Waals surface area (Å²) in [6.45, 7) is 5.06. The standard InChI is InChI=1S/C17H27N3O4/c1-3-4-5-8-17(22)20(11-14-7-6-9-23-14)12-16(21)18-15-10-13(2)24-19-15/h10,14H,3-9,11-12H2,1-2H3,(H,18,19,21). The summed E-state index contributed by atoms with van der Waals surface area (Å²) >= 11 is 0. The molecule has 0 spiro atoms. The largest absolute Gasteiger partial charge is 0.376 e. The summed E-state index contributed by atoms with van der Waals surface area (Å²) in [5, 5.41) is 6.40. The number of rotatable bonds is 9. The molecule has 134 valence electrons. The topological polar surface area (TPSA) is 84.7 Å². The van der Waals surface area contributed by atoms with Crippen molar-refractivity contribution in [2.24, 2.45) is 0 Å². The van der Waals surface area contributed by atoms with Gasteiger partial charge in [-0.2, -0.15) is 0 Å². The molecule has 7 nitrogen and oxygen atoms in total. The average Bonchev–Trinajstić information content (AvgIpc) is 3.18. The number of carbonyl (C=O) groups is 2. The molecule has 0 bridgehead atoms. The third kappa shape index (κ3) is 5.96. The number of amides is 2. The van der Waals surface area contributed by atoms with Crippen molar-refractivity contribution in [3.8, 4) is 0 Å². The van der Waals surface area contributed by atoms with Crippen LogP contribution in [0.2, 0.25) is 0 Å². The van der Waals surface area contributed by atoms with E-state index in [2.05, 4.69) is 17.4 Å². The van der Waals surface area contributed by atoms with E-state index in [1.54, 1.807) is 17.9 Å². The Balaban J connectivity index is 1.90. The molecule has 1 aliphatic heterocycles. The third-order valence-corrected chi connectivity index (χ3v) is 4.02. The number of nitrogens with zero attached hydrogens (tertiary/aromatic N) is 2. The highest BCUT2D eigenvalue weighted by atomic mass is 16.5. The maximum atomic E-state index is 12.5. The molecular formula is C17H27N3O4. The van der Waals surface area contributed by atoms with Crippen molar-refractivity contribution >= 4 is 17.6 Å². The Morgan fingerprint density at radius 1 is 1.42 bits per heavy atom. The lowest BCUT2D eigenvalue weighted by atomic mass is 10.1. The molecule has 0 aliphatic carbocycles. The van der Waals surface area contributed by atoms with Crippen LogP contribution in [0.25, 0.3) is 0 Å². The molecule has 7 heteroatoms. The van der Waals surface area contributed by atoms with E-state index in [1.807, 2.05) is 0 Å². The summed E-state index contributed by atoms with van der Waals surface area (Å²) in [6.07, 6.45) is 5.37. The third-order valence-electron chi connectivity index (χ3n) is 4.02. The van der Waals surface area contributed by atoms with Crippen molar-refractivity contribution in [2.75, 3.05) is 25.0 Å². The minimum absolute atomic E-state index is 0.00503. The van der Waals surface area contributed by atoms with Crippen molar-refractivity contribution < 1.29 is 18.8 Å². The number of anilines is 1. The van der Waals surface area contributed by atoms with Crippen LogP contribution in [0.15, 0.2) is 10.6 Å². The number of hydrogen-bond acceptors (Lipinski definition) is 5. The Morgan fingerprint density at radius 3 is 2.88 bits per heavy atom. The first-order valence-electron chi connectivity index (χ1n) is 8.71. The van der Waals surface area contributed by atoms with Gasteiger partial charge in [-0.05, 0) is 26.2 Å². The smallest absolute Gasteiger partial charge is 0.245 e. The highest BCUT2D eigenvalue weighted by Crippen LogP contribution is 2.15. The van der Waals surface area contributed by atoms with Gasteiger partial charge in [0.25, 0.3) is 0 Å². The number of hydrogen-bond donors (Lipinski definition) is 1. The van der Waals surface area contributed by atoms with Crippen LogP contribution in [0.4, 0.5) is 5.82 Å². The molecule has 1 atom stereocenters. The fourth-order valence-corrected chi connectivity index (χ4v) is 2.75. The predicted molar refractivity (Wildman–Crippen MR) is 89.6 cm³/mol. The van der Waals surface area contributed by atoms with E-state index in [0.29, 0.717) is 24.5 Å². The fraction of sp³-hybridized carbons (Fsp3) is 0.706. The van der Waals surface area contributed by atoms with Crippen LogP contribution in [-0.2, 0) is 14.3 Å². The molecule has 0 radical (unpaired) electrons. The molecule has 24 heavy (non-hydrogen) atoms. The summed E-state index contributed by atoms with van der Waals surface area (Å²) < 4.78 is 10.5. The van der Waals surface area contributed by atoms with E-state index < -0.39 is 0 Å². The summed E-state index contributed by atoms with van der Waals surface area (Å²) in [5.74, 6) is 0.723. The van der Waals surface area contributed by atoms with Crippen LogP contribution in [0.1, 0.15) is 51.2 Å². The van der Waals surface area contributed by atoms with E-state index in [0.717, 1.165) is 38.7 Å². The van der Waals surface area contributed by atoms with E-state index in [1.165, 1.54) is 0 Å². The molecule has 2 rings (SSSR count). The Bertz CT molecular complexity index is 538. The number of nitrogens with one attached hydrogen (secondary N) is 1. The first-order chi connectivity index (χ1) is 11.6. The van der Waals surface area contributed by atoms with E-state index in [4.69, 9.17) is 9.26 Å². The second-order valence-electron chi connectivity index (χ2n) is 6.24. The zero-order valence-electron chi connectivity index (χ0n) is 14.5. The normalized spacial score (nSPS) is 17.0. The quantitative estimate of drug-likeness (QED) is 0.700. The lowest BCUT2D eigenvalue weighted by Crippen LogP contribution is -2.42. The van der Waals surface area contributed by atoms with Gasteiger partial charge in [0.2, 0.25) is 11.8 Å². The van der Waals surface area contributed by atoms with Crippen molar-refractivity contribution in [1.82, 2.24) is 10.1 Å². The summed E-state index contributed by atoms with van der Waals surface area (Å²) in [5.41, 5.74) is 0. The number of ether oxygens (including phenoxy) is 1. The maximum Gasteiger partial charge on any atom is 0.245 e. The van der Waals surface area contributed by atoms with E-state index >= 15 is 0 Å². The number of aryl methyl sites for hydroxylation is 1. The first kappa shape index (κ1) is 18.4. The Labute approximate surface area is 142 Å². The summed E-state index contributed by atoms with van der Waals surface area (Å²) in [4.78, 5) is 26.3. The Morgan fingerprint density at radius 2 is 2.25 bits per heavy atom. The highest BCUT2D eigenvalue weighted by Gasteiger charge is 2.24. The summed E-state index contributed by atoms with van der Waals surface area (Å²) in [6, 6.07) is 1.64. The van der Waals surface area contributed by atoms with Crippen molar-refractivity contribution in [2.45, 2.75) is 58.5 Å². The SMILES string of the molecule is CCCCCC(=O)N(CC(=O)Nc1cc(C)on1)CC1CCCO1. The summed E-state index contributed by atoms with van der Waals surface area (Å²) in [7, 11) is 0. The van der Waals surface area contributed by atoms with Crippen molar-refractivity contribution in [1.29, 1.82) is 0 Å². The van der Waals surface area contributed by atoms with Crippen molar-refractivity contribution in [3.63, 3.8) is 0 Å². The van der Waals surface area contributed by atoms with Gasteiger partial charge in [0.05, 0.1) is 12.6 Å². The minimum Gasteiger partial charge on any atom is -0.376 e. The zero-order chi connectivity index (χ0) is 17.4. The van der Waals surface area contributed by atoms with Crippen molar-refractivity contribution in [3.05, 3.63) is 11.8 Å². The lowest BCUT2D eigenvalue weighted by Gasteiger charge is -2.25. The van der Waals surface area contributed by atoms with E-state index in [-0.39, 0.29) is 24.5 Å². The minimum atomic E-state index is -0.273. The van der Waals surface area contributed by atoms with Gasteiger partial charge in [-0.1, -0.05) is 24.9 Å². The van der Waals surface area contributed by atoms with Gasteiger partial charge in [0.15, 0.2) is 5.82 Å². The molecule has 1 N–H and O–H groups in total. The molecule has 1 saturated heterocycles. The van der Waals surface area contributed by atoms with Gasteiger partial charge < -0.3 is 19.5 Å². The Kier molecular flexibility index (Phi) is 7.24. The van der Waals surface area contributed by atoms with Gasteiger partial charge in [-0.15, -0.1) is 0 Å². The van der Waals surface area contributed by atoms with Crippen LogP contribution in [0, 0.1) is 6.92 Å². The monoisotopic (exact) mass is 337 g/mol. The zero-order valence-corrected chi connectivity index (χ0v) is 14.5. The molecule has 1 aliphatic rings. The molecule has 0 saturated carbocycles. The predicted octanol–water partition coefficient (Wildman–Crippen LogP) is 2.51. The van der Waals surface area contributed by atoms with Gasteiger partial charge >= 0.3 is 0 Å². The van der Waals surface area contributed by atoms with Gasteiger partial charge in [-0.3, -0.25) is 9.59 Å². The van der Waals surface area contributed by atoms with Crippen LogP contribution in [0.3, 0.4) is 0 Å². The second kappa shape index (κ2) is 9.42. The molecule has 2 amide bonds. The molecule has 2 heterocycles. The van der Waals surface area contributed by atoms with Crippen LogP contribution >= 0.6 is 0 Å². The molecular weight excluding hydrogens is 310 g/mol. The van der Waals surface area contributed by atoms with Gasteiger partial charge in [-0.25, -0.2) is 0 Å². The molecule has 1 aromatic heterocycles. The lowest BCUT2D eigenvalue weighted by molar-refractivity contribution is -0.136. The average molecular weight is 337 g/mol. The van der Waals surface area contributed by atoms with Crippen LogP contribution in [0.5, 0.6) is 0 Å². The molecule has 1 fully saturated rings. The number of carbonyl (C=O) groups excluding carboxylic acids is 2. The molecule has 1 aromatic rings. The molecule has 1 unspecified atom stereocenters.